The van der Waals surface area contributed by atoms with Gasteiger partial charge >= 0.3 is 6.18 Å². The van der Waals surface area contributed by atoms with Crippen molar-refractivity contribution >= 4 is 16.5 Å². The van der Waals surface area contributed by atoms with Crippen molar-refractivity contribution in [3.05, 3.63) is 5.01 Å². The number of alkyl halides is 3. The van der Waals surface area contributed by atoms with Gasteiger partial charge in [-0.1, -0.05) is 24.7 Å². The van der Waals surface area contributed by atoms with E-state index in [0.717, 1.165) is 12.8 Å². The molecule has 0 atom stereocenters. The highest BCUT2D eigenvalue weighted by Crippen LogP contribution is 2.37. The van der Waals surface area contributed by atoms with Crippen molar-refractivity contribution in [2.45, 2.75) is 31.5 Å². The van der Waals surface area contributed by atoms with E-state index in [1.54, 1.807) is 4.90 Å². The largest absolute Gasteiger partial charge is 0.445 e. The molecule has 2 heterocycles. The Bertz CT molecular complexity index is 397. The first-order valence-electron chi connectivity index (χ1n) is 5.28. The number of rotatable bonds is 3. The molecule has 1 aromatic rings. The quantitative estimate of drug-likeness (QED) is 0.907. The number of aromatic nitrogens is 2. The lowest BCUT2D eigenvalue weighted by atomic mass is 9.87. The lowest BCUT2D eigenvalue weighted by Crippen LogP contribution is -2.67. The minimum atomic E-state index is -4.41. The molecule has 0 saturated carbocycles. The van der Waals surface area contributed by atoms with Gasteiger partial charge in [-0.25, -0.2) is 0 Å². The minimum Gasteiger partial charge on any atom is -0.343 e. The number of nitrogens with two attached hydrogens (primary N) is 1. The normalized spacial score (nSPS) is 19.2. The molecule has 0 bridgehead atoms. The first-order chi connectivity index (χ1) is 7.84. The summed E-state index contributed by atoms with van der Waals surface area (Å²) in [5.41, 5.74) is 5.75. The van der Waals surface area contributed by atoms with Gasteiger partial charge in [0, 0.05) is 13.1 Å². The van der Waals surface area contributed by atoms with Crippen LogP contribution < -0.4 is 10.6 Å². The summed E-state index contributed by atoms with van der Waals surface area (Å²) in [5.74, 6) is 0. The summed E-state index contributed by atoms with van der Waals surface area (Å²) in [5, 5.41) is 6.09. The summed E-state index contributed by atoms with van der Waals surface area (Å²) in [6.07, 6.45) is -2.58. The zero-order valence-electron chi connectivity index (χ0n) is 9.29. The van der Waals surface area contributed by atoms with E-state index in [9.17, 15) is 13.2 Å². The van der Waals surface area contributed by atoms with E-state index in [1.165, 1.54) is 0 Å². The predicted octanol–water partition coefficient (Wildman–Crippen LogP) is 1.87. The Labute approximate surface area is 101 Å². The second-order valence-electron chi connectivity index (χ2n) is 4.36. The van der Waals surface area contributed by atoms with Crippen LogP contribution in [0.25, 0.3) is 0 Å². The van der Waals surface area contributed by atoms with Gasteiger partial charge in [-0.3, -0.25) is 0 Å². The van der Waals surface area contributed by atoms with Gasteiger partial charge in [-0.15, -0.1) is 10.2 Å². The van der Waals surface area contributed by atoms with Crippen LogP contribution >= 0.6 is 11.3 Å². The van der Waals surface area contributed by atoms with Crippen LogP contribution in [0.4, 0.5) is 18.3 Å². The average molecular weight is 266 g/mol. The molecule has 0 amide bonds. The van der Waals surface area contributed by atoms with E-state index >= 15 is 0 Å². The third-order valence-corrected chi connectivity index (χ3v) is 3.72. The maximum Gasteiger partial charge on any atom is 0.445 e. The van der Waals surface area contributed by atoms with Crippen LogP contribution in [0.3, 0.4) is 0 Å². The summed E-state index contributed by atoms with van der Waals surface area (Å²) >= 11 is 0.566. The molecule has 0 aromatic carbocycles. The smallest absolute Gasteiger partial charge is 0.343 e. The highest BCUT2D eigenvalue weighted by atomic mass is 32.1. The van der Waals surface area contributed by atoms with E-state index in [-0.39, 0.29) is 5.54 Å². The van der Waals surface area contributed by atoms with E-state index in [0.29, 0.717) is 29.6 Å². The molecule has 1 aromatic heterocycles. The molecule has 0 aliphatic carbocycles. The van der Waals surface area contributed by atoms with Gasteiger partial charge in [0.25, 0.3) is 0 Å². The third-order valence-electron chi connectivity index (χ3n) is 2.69. The summed E-state index contributed by atoms with van der Waals surface area (Å²) in [7, 11) is 0. The zero-order chi connectivity index (χ0) is 12.7. The second-order valence-corrected chi connectivity index (χ2v) is 5.31. The lowest BCUT2D eigenvalue weighted by molar-refractivity contribution is -0.138. The van der Waals surface area contributed by atoms with Gasteiger partial charge in [0.2, 0.25) is 10.1 Å². The van der Waals surface area contributed by atoms with Crippen LogP contribution in [-0.4, -0.2) is 28.8 Å². The molecule has 8 heteroatoms. The fraction of sp³-hybridized carbons (Fsp3) is 0.778. The van der Waals surface area contributed by atoms with Crippen molar-refractivity contribution in [2.75, 3.05) is 18.0 Å². The van der Waals surface area contributed by atoms with Crippen molar-refractivity contribution in [3.8, 4) is 0 Å². The van der Waals surface area contributed by atoms with Crippen LogP contribution in [-0.2, 0) is 6.18 Å². The SMILES string of the molecule is CCCC1(N)CN(c2nnc(C(F)(F)F)s2)C1. The molecule has 2 N–H and O–H groups in total. The van der Waals surface area contributed by atoms with Crippen LogP contribution in [0.1, 0.15) is 24.8 Å². The Kier molecular flexibility index (Phi) is 3.03. The molecule has 4 nitrogen and oxygen atoms in total. The molecule has 0 unspecified atom stereocenters. The van der Waals surface area contributed by atoms with Crippen LogP contribution in [0, 0.1) is 0 Å². The fourth-order valence-corrected chi connectivity index (χ4v) is 2.67. The molecular weight excluding hydrogens is 253 g/mol. The van der Waals surface area contributed by atoms with Crippen molar-refractivity contribution in [1.29, 1.82) is 0 Å². The van der Waals surface area contributed by atoms with Gasteiger partial charge in [0.1, 0.15) is 0 Å². The highest BCUT2D eigenvalue weighted by Gasteiger charge is 2.42. The van der Waals surface area contributed by atoms with Gasteiger partial charge in [0.05, 0.1) is 5.54 Å². The fourth-order valence-electron chi connectivity index (χ4n) is 1.96. The van der Waals surface area contributed by atoms with Crippen molar-refractivity contribution in [2.24, 2.45) is 5.73 Å². The number of hydrogen-bond donors (Lipinski definition) is 1. The van der Waals surface area contributed by atoms with Crippen LogP contribution in [0.15, 0.2) is 0 Å². The number of hydrogen-bond acceptors (Lipinski definition) is 5. The van der Waals surface area contributed by atoms with Crippen LogP contribution in [0.2, 0.25) is 0 Å². The molecule has 0 spiro atoms. The lowest BCUT2D eigenvalue weighted by Gasteiger charge is -2.47. The maximum absolute atomic E-state index is 12.3. The van der Waals surface area contributed by atoms with Crippen molar-refractivity contribution in [3.63, 3.8) is 0 Å². The zero-order valence-corrected chi connectivity index (χ0v) is 10.1. The summed E-state index contributed by atoms with van der Waals surface area (Å²) < 4.78 is 37.0. The third kappa shape index (κ3) is 2.52. The van der Waals surface area contributed by atoms with Gasteiger partial charge in [-0.05, 0) is 6.42 Å². The van der Waals surface area contributed by atoms with E-state index in [1.807, 2.05) is 6.92 Å². The first kappa shape index (κ1) is 12.6. The monoisotopic (exact) mass is 266 g/mol. The van der Waals surface area contributed by atoms with Gasteiger partial charge in [0.15, 0.2) is 0 Å². The average Bonchev–Trinajstić information content (AvgIpc) is 2.61. The van der Waals surface area contributed by atoms with E-state index in [2.05, 4.69) is 10.2 Å². The number of anilines is 1. The molecule has 1 aliphatic heterocycles. The molecule has 1 saturated heterocycles. The molecular formula is C9H13F3N4S. The standard InChI is InChI=1S/C9H13F3N4S/c1-2-3-8(13)4-16(5-8)7-15-14-6(17-7)9(10,11)12/h2-5,13H2,1H3. The van der Waals surface area contributed by atoms with Crippen molar-refractivity contribution in [1.82, 2.24) is 10.2 Å². The Morgan fingerprint density at radius 3 is 2.53 bits per heavy atom. The van der Waals surface area contributed by atoms with Crippen molar-refractivity contribution < 1.29 is 13.2 Å². The Hall–Kier alpha value is -0.890. The topological polar surface area (TPSA) is 55.0 Å². The van der Waals surface area contributed by atoms with E-state index in [4.69, 9.17) is 5.73 Å². The maximum atomic E-state index is 12.3. The number of nitrogens with zero attached hydrogens (tertiary/aromatic N) is 3. The molecule has 96 valence electrons. The Morgan fingerprint density at radius 2 is 2.06 bits per heavy atom. The summed E-state index contributed by atoms with van der Waals surface area (Å²) in [4.78, 5) is 1.74. The molecule has 17 heavy (non-hydrogen) atoms. The predicted molar refractivity (Wildman–Crippen MR) is 59.0 cm³/mol. The first-order valence-corrected chi connectivity index (χ1v) is 6.10. The molecule has 2 rings (SSSR count). The Morgan fingerprint density at radius 1 is 1.41 bits per heavy atom. The Balaban J connectivity index is 2.00. The molecule has 1 aliphatic rings. The van der Waals surface area contributed by atoms with Crippen LogP contribution in [0.5, 0.6) is 0 Å². The van der Waals surface area contributed by atoms with Gasteiger partial charge < -0.3 is 10.6 Å². The number of halogens is 3. The van der Waals surface area contributed by atoms with E-state index < -0.39 is 11.2 Å². The summed E-state index contributed by atoms with van der Waals surface area (Å²) in [6.45, 7) is 3.13. The highest BCUT2D eigenvalue weighted by molar-refractivity contribution is 7.15. The minimum absolute atomic E-state index is 0.279. The molecule has 1 fully saturated rings. The molecule has 0 radical (unpaired) electrons. The second kappa shape index (κ2) is 4.09. The van der Waals surface area contributed by atoms with Gasteiger partial charge in [-0.2, -0.15) is 13.2 Å². The summed E-state index contributed by atoms with van der Waals surface area (Å²) in [6, 6.07) is 0.